The van der Waals surface area contributed by atoms with E-state index >= 15 is 0 Å². The molecule has 3 atom stereocenters. The quantitative estimate of drug-likeness (QED) is 0.283. The molecule has 4 rings (SSSR count). The molecule has 2 amide bonds. The minimum Gasteiger partial charge on any atom is -0.493 e. The van der Waals surface area contributed by atoms with Crippen LogP contribution in [0, 0.1) is 5.92 Å². The van der Waals surface area contributed by atoms with Crippen molar-refractivity contribution in [1.82, 2.24) is 16.0 Å². The van der Waals surface area contributed by atoms with E-state index in [1.165, 1.54) is 6.92 Å². The molecule has 1 fully saturated rings. The average molecular weight is 637 g/mol. The first-order valence-corrected chi connectivity index (χ1v) is 16.3. The number of carbonyl (C=O) groups excluding carboxylic acids is 2. The maximum Gasteiger partial charge on any atom is 0.242 e. The lowest BCUT2D eigenvalue weighted by Crippen LogP contribution is -2.63. The number of hydrogen-bond acceptors (Lipinski definition) is 8. The molecule has 252 valence electrons. The molecule has 46 heavy (non-hydrogen) atoms. The summed E-state index contributed by atoms with van der Waals surface area (Å²) in [4.78, 5) is 40.2. The summed E-state index contributed by atoms with van der Waals surface area (Å²) in [6.45, 7) is 14.1. The highest BCUT2D eigenvalue weighted by Crippen LogP contribution is 2.50. The molecule has 4 N–H and O–H groups in total. The van der Waals surface area contributed by atoms with Crippen LogP contribution in [-0.4, -0.2) is 56.3 Å². The predicted molar refractivity (Wildman–Crippen MR) is 182 cm³/mol. The Morgan fingerprint density at radius 1 is 0.978 bits per heavy atom. The maximum absolute atomic E-state index is 14.0. The predicted octanol–water partition coefficient (Wildman–Crippen LogP) is 5.12. The van der Waals surface area contributed by atoms with Gasteiger partial charge in [0.2, 0.25) is 23.0 Å². The van der Waals surface area contributed by atoms with Crippen molar-refractivity contribution >= 4 is 17.5 Å². The number of rotatable bonds is 10. The number of aryl methyl sites for hydroxylation is 1. The van der Waals surface area contributed by atoms with Gasteiger partial charge in [0.05, 0.1) is 33.1 Å². The van der Waals surface area contributed by atoms with E-state index in [2.05, 4.69) is 49.0 Å². The molecule has 2 aromatic rings. The van der Waals surface area contributed by atoms with Gasteiger partial charge in [-0.3, -0.25) is 14.4 Å². The van der Waals surface area contributed by atoms with Crippen molar-refractivity contribution in [2.75, 3.05) is 26.6 Å². The Kier molecular flexibility index (Phi) is 10.6. The van der Waals surface area contributed by atoms with E-state index in [0.29, 0.717) is 41.3 Å². The van der Waals surface area contributed by atoms with Crippen molar-refractivity contribution in [3.8, 4) is 28.4 Å². The highest BCUT2D eigenvalue weighted by molar-refractivity contribution is 5.86. The number of nitrogens with one attached hydrogen (secondary N) is 4. The van der Waals surface area contributed by atoms with Crippen LogP contribution < -0.4 is 40.9 Å². The van der Waals surface area contributed by atoms with E-state index < -0.39 is 12.1 Å². The van der Waals surface area contributed by atoms with E-state index in [9.17, 15) is 14.4 Å². The number of anilines is 1. The van der Waals surface area contributed by atoms with Gasteiger partial charge in [0, 0.05) is 29.6 Å². The minimum atomic E-state index is -0.627. The van der Waals surface area contributed by atoms with Crippen LogP contribution in [0.25, 0.3) is 11.1 Å². The number of piperidine rings is 1. The van der Waals surface area contributed by atoms with E-state index in [4.69, 9.17) is 14.2 Å². The Morgan fingerprint density at radius 3 is 2.20 bits per heavy atom. The molecular weight excluding hydrogens is 584 g/mol. The van der Waals surface area contributed by atoms with Gasteiger partial charge in [-0.25, -0.2) is 0 Å². The number of ether oxygens (including phenoxy) is 3. The zero-order valence-corrected chi connectivity index (χ0v) is 29.1. The molecule has 10 heteroatoms. The third-order valence-corrected chi connectivity index (χ3v) is 9.26. The van der Waals surface area contributed by atoms with Crippen LogP contribution in [0.2, 0.25) is 0 Å². The molecule has 0 bridgehead atoms. The first kappa shape index (κ1) is 35.1. The highest BCUT2D eigenvalue weighted by Gasteiger charge is 2.39. The Labute approximate surface area is 273 Å². The summed E-state index contributed by atoms with van der Waals surface area (Å²) in [5.41, 5.74) is 2.91. The lowest BCUT2D eigenvalue weighted by molar-refractivity contribution is -0.124. The minimum absolute atomic E-state index is 0.00359. The monoisotopic (exact) mass is 636 g/mol. The summed E-state index contributed by atoms with van der Waals surface area (Å²) in [5, 5.41) is 13.3. The molecule has 1 aliphatic heterocycles. The third-order valence-electron chi connectivity index (χ3n) is 9.26. The molecule has 0 aromatic heterocycles. The molecule has 1 saturated heterocycles. The molecule has 0 spiro atoms. The fourth-order valence-corrected chi connectivity index (χ4v) is 7.41. The summed E-state index contributed by atoms with van der Waals surface area (Å²) < 4.78 is 17.2. The van der Waals surface area contributed by atoms with Crippen molar-refractivity contribution in [3.63, 3.8) is 0 Å². The number of benzene rings is 1. The standard InChI is InChI=1S/C36H52N4O6/c1-11-20(2)31(34(43)38-23-18-35(4,5)40-36(6,7)19-23)39-27-15-13-24-25(17-28(27)42)26(37-21(3)41)14-12-22-16-29(44-8)32(45-9)33(46-10)30(22)24/h13,15-17,20,23,26,31,40H,11-12,14,18-19H2,1-10H3,(H,37,41)(H,38,43)(H,39,42)/t20-,26+,31+/m0/s1. The van der Waals surface area contributed by atoms with E-state index in [0.717, 1.165) is 36.0 Å². The number of carbonyl (C=O) groups is 2. The summed E-state index contributed by atoms with van der Waals surface area (Å²) in [6.07, 6.45) is 3.51. The van der Waals surface area contributed by atoms with E-state index in [1.807, 2.05) is 26.0 Å². The fraction of sp³-hybridized carbons (Fsp3) is 0.583. The molecule has 2 aliphatic rings. The van der Waals surface area contributed by atoms with Crippen LogP contribution in [0.15, 0.2) is 29.1 Å². The number of methoxy groups -OCH3 is 3. The molecule has 10 nitrogen and oxygen atoms in total. The Bertz CT molecular complexity index is 1510. The number of hydrogen-bond donors (Lipinski definition) is 4. The normalized spacial score (nSPS) is 19.7. The van der Waals surface area contributed by atoms with Crippen LogP contribution >= 0.6 is 0 Å². The second-order valence-corrected chi connectivity index (χ2v) is 14.1. The van der Waals surface area contributed by atoms with Gasteiger partial charge in [-0.15, -0.1) is 0 Å². The molecule has 2 aromatic carbocycles. The largest absolute Gasteiger partial charge is 0.493 e. The van der Waals surface area contributed by atoms with Crippen LogP contribution in [0.3, 0.4) is 0 Å². The van der Waals surface area contributed by atoms with Crippen LogP contribution in [0.5, 0.6) is 17.2 Å². The van der Waals surface area contributed by atoms with Crippen LogP contribution in [0.1, 0.15) is 91.3 Å². The smallest absolute Gasteiger partial charge is 0.242 e. The molecule has 1 heterocycles. The number of amides is 2. The summed E-state index contributed by atoms with van der Waals surface area (Å²) >= 11 is 0. The fourth-order valence-electron chi connectivity index (χ4n) is 7.41. The second kappa shape index (κ2) is 13.9. The van der Waals surface area contributed by atoms with Crippen molar-refractivity contribution in [1.29, 1.82) is 0 Å². The van der Waals surface area contributed by atoms with Crippen molar-refractivity contribution < 1.29 is 23.8 Å². The highest BCUT2D eigenvalue weighted by atomic mass is 16.5. The van der Waals surface area contributed by atoms with Gasteiger partial charge >= 0.3 is 0 Å². The van der Waals surface area contributed by atoms with Gasteiger partial charge in [-0.1, -0.05) is 26.3 Å². The second-order valence-electron chi connectivity index (χ2n) is 14.1. The van der Waals surface area contributed by atoms with Gasteiger partial charge in [-0.2, -0.15) is 0 Å². The summed E-state index contributed by atoms with van der Waals surface area (Å²) in [7, 11) is 4.70. The van der Waals surface area contributed by atoms with Gasteiger partial charge in [0.15, 0.2) is 11.5 Å². The van der Waals surface area contributed by atoms with Crippen molar-refractivity contribution in [3.05, 3.63) is 45.6 Å². The molecule has 0 unspecified atom stereocenters. The molecule has 1 aliphatic carbocycles. The topological polar surface area (TPSA) is 127 Å². The van der Waals surface area contributed by atoms with E-state index in [1.54, 1.807) is 33.5 Å². The zero-order valence-electron chi connectivity index (χ0n) is 29.1. The van der Waals surface area contributed by atoms with Crippen LogP contribution in [0.4, 0.5) is 5.69 Å². The first-order chi connectivity index (χ1) is 21.6. The first-order valence-electron chi connectivity index (χ1n) is 16.3. The third kappa shape index (κ3) is 7.60. The molecule has 0 saturated carbocycles. The van der Waals surface area contributed by atoms with Crippen molar-refractivity contribution in [2.45, 2.75) is 110 Å². The molecular formula is C36H52N4O6. The molecule has 0 radical (unpaired) electrons. The lowest BCUT2D eigenvalue weighted by atomic mass is 9.79. The number of fused-ring (bicyclic) bond motifs is 3. The summed E-state index contributed by atoms with van der Waals surface area (Å²) in [5.74, 6) is 1.10. The Balaban J connectivity index is 1.80. The van der Waals surface area contributed by atoms with Gasteiger partial charge in [0.1, 0.15) is 6.04 Å². The van der Waals surface area contributed by atoms with Gasteiger partial charge in [0.25, 0.3) is 0 Å². The lowest BCUT2D eigenvalue weighted by Gasteiger charge is -2.47. The van der Waals surface area contributed by atoms with Gasteiger partial charge in [-0.05, 0) is 94.2 Å². The summed E-state index contributed by atoms with van der Waals surface area (Å²) in [6, 6.07) is 6.05. The van der Waals surface area contributed by atoms with Crippen LogP contribution in [-0.2, 0) is 16.0 Å². The SMILES string of the molecule is CC[C@H](C)[C@@H](Nc1ccc2c(cc1=O)[C@H](NC(C)=O)CCc1cc(OC)c(OC)c(OC)c1-2)C(=O)NC1CC(C)(C)NC(C)(C)C1. The Hall–Kier alpha value is -3.79. The zero-order chi connectivity index (χ0) is 34.0. The maximum atomic E-state index is 14.0. The van der Waals surface area contributed by atoms with Gasteiger partial charge < -0.3 is 35.5 Å². The Morgan fingerprint density at radius 2 is 1.63 bits per heavy atom. The van der Waals surface area contributed by atoms with E-state index in [-0.39, 0.29) is 40.3 Å². The average Bonchev–Trinajstić information content (AvgIpc) is 3.20. The van der Waals surface area contributed by atoms with Crippen molar-refractivity contribution in [2.24, 2.45) is 5.92 Å².